The molecule has 14 rings (SSSR count). The summed E-state index contributed by atoms with van der Waals surface area (Å²) in [4.78, 5) is 2.43. The summed E-state index contributed by atoms with van der Waals surface area (Å²) in [6.45, 7) is 0. The highest BCUT2D eigenvalue weighted by molar-refractivity contribution is 6.07. The topological polar surface area (TPSA) is 16.4 Å². The molecule has 0 radical (unpaired) electrons. The van der Waals surface area contributed by atoms with E-state index in [9.17, 15) is 0 Å². The Labute approximate surface area is 408 Å². The van der Waals surface area contributed by atoms with E-state index in [-0.39, 0.29) is 0 Å². The molecular formula is C68H45NO. The van der Waals surface area contributed by atoms with Crippen molar-refractivity contribution in [2.24, 2.45) is 0 Å². The van der Waals surface area contributed by atoms with Gasteiger partial charge in [0.25, 0.3) is 0 Å². The van der Waals surface area contributed by atoms with Crippen LogP contribution in [-0.4, -0.2) is 0 Å². The Morgan fingerprint density at radius 1 is 0.271 bits per heavy atom. The zero-order valence-electron chi connectivity index (χ0n) is 38.3. The Morgan fingerprint density at radius 2 is 0.714 bits per heavy atom. The Hall–Kier alpha value is -8.98. The van der Waals surface area contributed by atoms with E-state index < -0.39 is 10.8 Å². The van der Waals surface area contributed by atoms with E-state index >= 15 is 0 Å². The van der Waals surface area contributed by atoms with Crippen LogP contribution < -0.4 is 4.90 Å². The first-order chi connectivity index (χ1) is 34.7. The first-order valence-electron chi connectivity index (χ1n) is 24.2. The van der Waals surface area contributed by atoms with Crippen LogP contribution in [0.3, 0.4) is 0 Å². The van der Waals surface area contributed by atoms with Crippen molar-refractivity contribution >= 4 is 39.0 Å². The fourth-order valence-electron chi connectivity index (χ4n) is 12.4. The van der Waals surface area contributed by atoms with Crippen molar-refractivity contribution in [1.82, 2.24) is 0 Å². The summed E-state index contributed by atoms with van der Waals surface area (Å²) < 4.78 is 6.40. The van der Waals surface area contributed by atoms with Gasteiger partial charge < -0.3 is 9.32 Å². The quantitative estimate of drug-likeness (QED) is 0.151. The van der Waals surface area contributed by atoms with E-state index in [4.69, 9.17) is 4.42 Å². The molecule has 0 spiro atoms. The van der Waals surface area contributed by atoms with Crippen molar-refractivity contribution < 1.29 is 4.42 Å². The minimum Gasteiger partial charge on any atom is -0.456 e. The number of para-hydroxylation sites is 1. The van der Waals surface area contributed by atoms with E-state index in [1.54, 1.807) is 0 Å². The lowest BCUT2D eigenvalue weighted by Gasteiger charge is -2.35. The van der Waals surface area contributed by atoms with Crippen LogP contribution in [0, 0.1) is 0 Å². The first kappa shape index (κ1) is 40.1. The van der Waals surface area contributed by atoms with Crippen LogP contribution >= 0.6 is 0 Å². The Morgan fingerprint density at radius 3 is 1.36 bits per heavy atom. The van der Waals surface area contributed by atoms with Gasteiger partial charge in [0.1, 0.15) is 11.2 Å². The second kappa shape index (κ2) is 15.8. The predicted octanol–water partition coefficient (Wildman–Crippen LogP) is 17.4. The third-order valence-corrected chi connectivity index (χ3v) is 15.2. The molecule has 2 nitrogen and oxygen atoms in total. The summed E-state index contributed by atoms with van der Waals surface area (Å²) in [7, 11) is 0. The molecule has 11 aromatic carbocycles. The van der Waals surface area contributed by atoms with Crippen molar-refractivity contribution in [2.75, 3.05) is 4.90 Å². The van der Waals surface area contributed by atoms with Gasteiger partial charge in [-0.2, -0.15) is 0 Å². The zero-order chi connectivity index (χ0) is 46.2. The fraction of sp³-hybridized carbons (Fsp3) is 0.0294. The lowest BCUT2D eigenvalue weighted by atomic mass is 9.67. The van der Waals surface area contributed by atoms with Gasteiger partial charge in [0, 0.05) is 27.8 Å². The maximum atomic E-state index is 6.40. The lowest BCUT2D eigenvalue weighted by Crippen LogP contribution is -2.28. The molecule has 2 aliphatic rings. The van der Waals surface area contributed by atoms with Crippen LogP contribution in [0.25, 0.3) is 55.3 Å². The molecule has 0 bridgehead atoms. The van der Waals surface area contributed by atoms with E-state index in [0.717, 1.165) is 39.0 Å². The van der Waals surface area contributed by atoms with Crippen molar-refractivity contribution in [3.8, 4) is 33.4 Å². The second-order valence-electron chi connectivity index (χ2n) is 18.7. The zero-order valence-corrected chi connectivity index (χ0v) is 38.3. The van der Waals surface area contributed by atoms with Crippen LogP contribution in [-0.2, 0) is 10.8 Å². The molecule has 1 heterocycles. The monoisotopic (exact) mass is 891 g/mol. The number of hydrogen-bond acceptors (Lipinski definition) is 2. The van der Waals surface area contributed by atoms with Crippen LogP contribution in [0.5, 0.6) is 0 Å². The third-order valence-electron chi connectivity index (χ3n) is 15.2. The highest BCUT2D eigenvalue weighted by Gasteiger charge is 2.48. The molecule has 1 aromatic heterocycles. The van der Waals surface area contributed by atoms with Gasteiger partial charge in [0.2, 0.25) is 0 Å². The molecule has 0 aliphatic heterocycles. The smallest absolute Gasteiger partial charge is 0.135 e. The second-order valence-corrected chi connectivity index (χ2v) is 18.7. The number of hydrogen-bond donors (Lipinski definition) is 0. The Kier molecular flexibility index (Phi) is 9.06. The molecule has 2 heteroatoms. The molecule has 0 fully saturated rings. The van der Waals surface area contributed by atoms with Gasteiger partial charge in [-0.15, -0.1) is 0 Å². The van der Waals surface area contributed by atoms with Crippen molar-refractivity contribution in [3.05, 3.63) is 317 Å². The molecule has 0 saturated carbocycles. The highest BCUT2D eigenvalue weighted by Crippen LogP contribution is 2.60. The van der Waals surface area contributed by atoms with E-state index in [1.165, 1.54) is 77.9 Å². The van der Waals surface area contributed by atoms with Crippen molar-refractivity contribution in [2.45, 2.75) is 10.8 Å². The molecule has 0 atom stereocenters. The summed E-state index contributed by atoms with van der Waals surface area (Å²) in [5, 5.41) is 2.19. The SMILES string of the molecule is c1ccc(C2(c3ccccc3)c3ccccc3-c3ccc(N(c4ccc(-c5cccc6c5-c5ccccc5C6(c5ccccc5)c5ccccc5)cc4)c4ccc5oc6ccccc6c5c4)cc32)cc1. The summed E-state index contributed by atoms with van der Waals surface area (Å²) in [6, 6.07) is 100. The van der Waals surface area contributed by atoms with Gasteiger partial charge in [-0.1, -0.05) is 224 Å². The summed E-state index contributed by atoms with van der Waals surface area (Å²) in [5.74, 6) is 0. The number of fused-ring (bicyclic) bond motifs is 9. The number of rotatable bonds is 8. The van der Waals surface area contributed by atoms with Gasteiger partial charge >= 0.3 is 0 Å². The van der Waals surface area contributed by atoms with Gasteiger partial charge in [-0.3, -0.25) is 0 Å². The minimum atomic E-state index is -0.538. The average Bonchev–Trinajstić information content (AvgIpc) is 4.07. The number of furan rings is 1. The number of anilines is 3. The summed E-state index contributed by atoms with van der Waals surface area (Å²) >= 11 is 0. The molecule has 70 heavy (non-hydrogen) atoms. The molecule has 2 aliphatic carbocycles. The van der Waals surface area contributed by atoms with E-state index in [1.807, 2.05) is 6.07 Å². The molecular weight excluding hydrogens is 847 g/mol. The van der Waals surface area contributed by atoms with Crippen LogP contribution in [0.15, 0.2) is 277 Å². The van der Waals surface area contributed by atoms with Gasteiger partial charge in [-0.25, -0.2) is 0 Å². The fourth-order valence-corrected chi connectivity index (χ4v) is 12.4. The Bertz CT molecular complexity index is 3850. The van der Waals surface area contributed by atoms with E-state index in [0.29, 0.717) is 0 Å². The molecule has 328 valence electrons. The van der Waals surface area contributed by atoms with Gasteiger partial charge in [0.05, 0.1) is 10.8 Å². The van der Waals surface area contributed by atoms with E-state index in [2.05, 4.69) is 272 Å². The largest absolute Gasteiger partial charge is 0.456 e. The standard InChI is InChI=1S/C68H45NO/c1-5-20-47(21-6-1)67(48-22-7-2-8-23-48)61-33-17-14-30-58(61)66-54(31-19-34-62(66)67)46-36-38-51(39-37-46)69(52-41-43-65-59(44-52)57-29-15-18-35-64(57)70-65)53-40-42-56-55-28-13-16-32-60(55)68(63(56)45-53,49-24-9-3-10-25-49)50-26-11-4-12-27-50/h1-45H. The minimum absolute atomic E-state index is 0.473. The van der Waals surface area contributed by atoms with Crippen LogP contribution in [0.4, 0.5) is 17.1 Å². The van der Waals surface area contributed by atoms with Crippen molar-refractivity contribution in [1.29, 1.82) is 0 Å². The van der Waals surface area contributed by atoms with Crippen molar-refractivity contribution in [3.63, 3.8) is 0 Å². The molecule has 12 aromatic rings. The Balaban J connectivity index is 0.974. The van der Waals surface area contributed by atoms with Gasteiger partial charge in [-0.05, 0) is 126 Å². The predicted molar refractivity (Wildman–Crippen MR) is 288 cm³/mol. The molecule has 0 unspecified atom stereocenters. The highest BCUT2D eigenvalue weighted by atomic mass is 16.3. The summed E-state index contributed by atoms with van der Waals surface area (Å²) in [5.41, 5.74) is 21.6. The lowest BCUT2D eigenvalue weighted by molar-refractivity contribution is 0.669. The summed E-state index contributed by atoms with van der Waals surface area (Å²) in [6.07, 6.45) is 0. The van der Waals surface area contributed by atoms with Gasteiger partial charge in [0.15, 0.2) is 0 Å². The molecule has 0 amide bonds. The average molecular weight is 892 g/mol. The maximum Gasteiger partial charge on any atom is 0.135 e. The van der Waals surface area contributed by atoms with Crippen LogP contribution in [0.1, 0.15) is 44.5 Å². The normalized spacial score (nSPS) is 13.7. The maximum absolute atomic E-state index is 6.40. The number of benzene rings is 11. The third kappa shape index (κ3) is 5.74. The number of nitrogens with zero attached hydrogens (tertiary/aromatic N) is 1. The first-order valence-corrected chi connectivity index (χ1v) is 24.2. The molecule has 0 saturated heterocycles. The van der Waals surface area contributed by atoms with Crippen LogP contribution in [0.2, 0.25) is 0 Å². The molecule has 0 N–H and O–H groups in total.